The molecular formula is C30H34N4O4S. The van der Waals surface area contributed by atoms with E-state index in [1.165, 1.54) is 17.7 Å². The van der Waals surface area contributed by atoms with Crippen molar-refractivity contribution in [3.8, 4) is 16.9 Å². The van der Waals surface area contributed by atoms with E-state index in [1.807, 2.05) is 37.4 Å². The quantitative estimate of drug-likeness (QED) is 0.284. The second-order valence-corrected chi connectivity index (χ2v) is 12.4. The second kappa shape index (κ2) is 11.5. The van der Waals surface area contributed by atoms with Crippen molar-refractivity contribution in [3.05, 3.63) is 95.7 Å². The Morgan fingerprint density at radius 1 is 0.949 bits per heavy atom. The zero-order chi connectivity index (χ0) is 28.2. The van der Waals surface area contributed by atoms with Crippen LogP contribution in [0.3, 0.4) is 0 Å². The minimum absolute atomic E-state index is 0.00439. The lowest BCUT2D eigenvalue weighted by Crippen LogP contribution is -2.42. The fourth-order valence-electron chi connectivity index (χ4n) is 4.24. The molecule has 3 aromatic carbocycles. The predicted octanol–water partition coefficient (Wildman–Crippen LogP) is 5.16. The normalized spacial score (nSPS) is 12.8. The number of aromatic nitrogens is 3. The van der Waals surface area contributed by atoms with Gasteiger partial charge in [-0.1, -0.05) is 87.9 Å². The highest BCUT2D eigenvalue weighted by Crippen LogP contribution is 2.24. The average molecular weight is 547 g/mol. The van der Waals surface area contributed by atoms with Crippen LogP contribution in [-0.4, -0.2) is 40.5 Å². The number of carboxylic acids is 1. The van der Waals surface area contributed by atoms with Crippen molar-refractivity contribution in [1.29, 1.82) is 0 Å². The number of hydrogen-bond donors (Lipinski definition) is 2. The summed E-state index contributed by atoms with van der Waals surface area (Å²) < 4.78 is 29.7. The molecule has 1 heterocycles. The van der Waals surface area contributed by atoms with Crippen molar-refractivity contribution in [2.24, 2.45) is 0 Å². The van der Waals surface area contributed by atoms with Gasteiger partial charge in [0.15, 0.2) is 0 Å². The summed E-state index contributed by atoms with van der Waals surface area (Å²) in [6.07, 6.45) is 3.63. The maximum Gasteiger partial charge on any atom is 0.322 e. The molecule has 0 fully saturated rings. The van der Waals surface area contributed by atoms with Gasteiger partial charge in [-0.25, -0.2) is 13.1 Å². The van der Waals surface area contributed by atoms with Crippen LogP contribution in [-0.2, 0) is 33.1 Å². The maximum absolute atomic E-state index is 12.8. The van der Waals surface area contributed by atoms with Crippen LogP contribution in [0, 0.1) is 0 Å². The Bertz CT molecular complexity index is 1520. The van der Waals surface area contributed by atoms with Gasteiger partial charge in [0.2, 0.25) is 10.0 Å². The van der Waals surface area contributed by atoms with Crippen molar-refractivity contribution in [2.75, 3.05) is 0 Å². The smallest absolute Gasteiger partial charge is 0.322 e. The van der Waals surface area contributed by atoms with E-state index in [9.17, 15) is 18.3 Å². The first-order valence-electron chi connectivity index (χ1n) is 12.9. The minimum atomic E-state index is -3.99. The van der Waals surface area contributed by atoms with Gasteiger partial charge in [-0.3, -0.25) is 4.79 Å². The molecule has 0 aliphatic heterocycles. The van der Waals surface area contributed by atoms with Crippen LogP contribution in [0.15, 0.2) is 83.9 Å². The molecule has 4 aromatic rings. The lowest BCUT2D eigenvalue weighted by molar-refractivity contribution is -0.138. The summed E-state index contributed by atoms with van der Waals surface area (Å²) in [6, 6.07) is 20.6. The molecule has 39 heavy (non-hydrogen) atoms. The van der Waals surface area contributed by atoms with Gasteiger partial charge in [0.05, 0.1) is 16.8 Å². The van der Waals surface area contributed by atoms with Crippen molar-refractivity contribution < 1.29 is 18.3 Å². The molecule has 0 radical (unpaired) electrons. The van der Waals surface area contributed by atoms with Gasteiger partial charge in [-0.2, -0.15) is 4.72 Å². The highest BCUT2D eigenvalue weighted by molar-refractivity contribution is 7.89. The summed E-state index contributed by atoms with van der Waals surface area (Å²) in [7, 11) is -3.99. The molecule has 0 aliphatic carbocycles. The van der Waals surface area contributed by atoms with Gasteiger partial charge < -0.3 is 5.11 Å². The molecule has 1 atom stereocenters. The summed E-state index contributed by atoms with van der Waals surface area (Å²) >= 11 is 0. The molecule has 2 N–H and O–H groups in total. The summed E-state index contributed by atoms with van der Waals surface area (Å²) in [4.78, 5) is 11.9. The number of carbonyl (C=O) groups is 1. The predicted molar refractivity (Wildman–Crippen MR) is 151 cm³/mol. The number of benzene rings is 3. The molecule has 204 valence electrons. The Morgan fingerprint density at radius 3 is 2.13 bits per heavy atom. The molecule has 0 spiro atoms. The molecule has 8 nitrogen and oxygen atoms in total. The fourth-order valence-corrected chi connectivity index (χ4v) is 5.43. The van der Waals surface area contributed by atoms with Gasteiger partial charge in [-0.15, -0.1) is 5.10 Å². The molecule has 0 amide bonds. The summed E-state index contributed by atoms with van der Waals surface area (Å²) in [5, 5.41) is 18.2. The van der Waals surface area contributed by atoms with E-state index < -0.39 is 22.0 Å². The van der Waals surface area contributed by atoms with E-state index in [0.717, 1.165) is 29.7 Å². The monoisotopic (exact) mass is 546 g/mol. The van der Waals surface area contributed by atoms with Crippen molar-refractivity contribution >= 4 is 16.0 Å². The molecule has 4 rings (SSSR count). The van der Waals surface area contributed by atoms with Gasteiger partial charge >= 0.3 is 5.97 Å². The Kier molecular flexibility index (Phi) is 8.32. The Balaban J connectivity index is 1.45. The Hall–Kier alpha value is -3.82. The van der Waals surface area contributed by atoms with Crippen LogP contribution in [0.2, 0.25) is 0 Å². The fraction of sp³-hybridized carbons (Fsp3) is 0.300. The standard InChI is InChI=1S/C30H34N4O4S/c1-5-6-21-9-17-26(18-10-21)39(37,38)32-27(29(35)36)19-22-7-11-23(12-8-22)28-20-34(33-31-28)25-15-13-24(14-16-25)30(2,3)4/h7-18,20,27,32H,5-6,19H2,1-4H3,(H,35,36). The van der Waals surface area contributed by atoms with E-state index in [0.29, 0.717) is 11.3 Å². The Morgan fingerprint density at radius 2 is 1.56 bits per heavy atom. The largest absolute Gasteiger partial charge is 0.480 e. The zero-order valence-corrected chi connectivity index (χ0v) is 23.4. The third-order valence-corrected chi connectivity index (χ3v) is 8.04. The van der Waals surface area contributed by atoms with E-state index in [1.54, 1.807) is 28.9 Å². The van der Waals surface area contributed by atoms with Crippen LogP contribution < -0.4 is 4.72 Å². The number of rotatable bonds is 10. The molecule has 0 bridgehead atoms. The lowest BCUT2D eigenvalue weighted by Gasteiger charge is -2.19. The molecule has 0 saturated heterocycles. The summed E-state index contributed by atoms with van der Waals surface area (Å²) in [6.45, 7) is 8.54. The van der Waals surface area contributed by atoms with Gasteiger partial charge in [0.1, 0.15) is 11.7 Å². The molecular weight excluding hydrogens is 512 g/mol. The van der Waals surface area contributed by atoms with E-state index in [-0.39, 0.29) is 16.7 Å². The number of nitrogens with one attached hydrogen (secondary N) is 1. The summed E-state index contributed by atoms with van der Waals surface area (Å²) in [5.41, 5.74) is 5.39. The van der Waals surface area contributed by atoms with Crippen LogP contribution in [0.25, 0.3) is 16.9 Å². The van der Waals surface area contributed by atoms with E-state index >= 15 is 0 Å². The molecule has 0 saturated carbocycles. The second-order valence-electron chi connectivity index (χ2n) is 10.7. The molecule has 1 unspecified atom stereocenters. The van der Waals surface area contributed by atoms with Crippen molar-refractivity contribution in [1.82, 2.24) is 19.7 Å². The van der Waals surface area contributed by atoms with Gasteiger partial charge in [0, 0.05) is 5.56 Å². The van der Waals surface area contributed by atoms with Crippen molar-refractivity contribution in [2.45, 2.75) is 63.3 Å². The third kappa shape index (κ3) is 6.99. The zero-order valence-electron chi connectivity index (χ0n) is 22.6. The molecule has 0 aliphatic rings. The topological polar surface area (TPSA) is 114 Å². The number of carboxylic acid groups (broad SMARTS) is 1. The van der Waals surface area contributed by atoms with Crippen LogP contribution in [0.1, 0.15) is 50.8 Å². The first kappa shape index (κ1) is 28.2. The van der Waals surface area contributed by atoms with Gasteiger partial charge in [-0.05, 0) is 59.2 Å². The number of aryl methyl sites for hydroxylation is 1. The Labute approximate surface area is 229 Å². The van der Waals surface area contributed by atoms with Crippen LogP contribution >= 0.6 is 0 Å². The van der Waals surface area contributed by atoms with Crippen LogP contribution in [0.5, 0.6) is 0 Å². The third-order valence-electron chi connectivity index (χ3n) is 6.55. The number of sulfonamides is 1. The maximum atomic E-state index is 12.8. The van der Waals surface area contributed by atoms with Crippen molar-refractivity contribution in [3.63, 3.8) is 0 Å². The van der Waals surface area contributed by atoms with E-state index in [4.69, 9.17) is 0 Å². The molecule has 9 heteroatoms. The SMILES string of the molecule is CCCc1ccc(S(=O)(=O)NC(Cc2ccc(-c3cn(-c4ccc(C(C)(C)C)cc4)nn3)cc2)C(=O)O)cc1. The number of aliphatic carboxylic acids is 1. The van der Waals surface area contributed by atoms with E-state index in [2.05, 4.69) is 47.9 Å². The first-order valence-corrected chi connectivity index (χ1v) is 14.4. The average Bonchev–Trinajstić information content (AvgIpc) is 3.39. The van der Waals surface area contributed by atoms with Crippen LogP contribution in [0.4, 0.5) is 0 Å². The lowest BCUT2D eigenvalue weighted by atomic mass is 9.87. The number of nitrogens with zero attached hydrogens (tertiary/aromatic N) is 3. The summed E-state index contributed by atoms with van der Waals surface area (Å²) in [5.74, 6) is -1.24. The van der Waals surface area contributed by atoms with Gasteiger partial charge in [0.25, 0.3) is 0 Å². The highest BCUT2D eigenvalue weighted by atomic mass is 32.2. The first-order chi connectivity index (χ1) is 18.5. The minimum Gasteiger partial charge on any atom is -0.480 e. The number of hydrogen-bond acceptors (Lipinski definition) is 5. The molecule has 1 aromatic heterocycles. The highest BCUT2D eigenvalue weighted by Gasteiger charge is 2.26.